The second-order valence-electron chi connectivity index (χ2n) is 7.31. The molecular formula is C20H31N3O2. The first-order valence-corrected chi connectivity index (χ1v) is 9.53. The number of nitrogens with zero attached hydrogens (tertiary/aromatic N) is 3. The Hall–Kier alpha value is -1.43. The van der Waals surface area contributed by atoms with Crippen molar-refractivity contribution in [2.45, 2.75) is 19.9 Å². The average molecular weight is 345 g/mol. The van der Waals surface area contributed by atoms with Crippen LogP contribution in [0.2, 0.25) is 0 Å². The van der Waals surface area contributed by atoms with Crippen molar-refractivity contribution in [2.75, 3.05) is 59.5 Å². The standard InChI is InChI=1S/C20H31N3O2/c1-3-21(2)14-17-8-9-23(15-17)20(24)19-7-5-4-6-18(19)16-22-10-12-25-13-11-22/h4-7,17H,3,8-16H2,1-2H3/t17-/m0/s1. The normalized spacial score (nSPS) is 21.9. The highest BCUT2D eigenvalue weighted by molar-refractivity contribution is 5.95. The van der Waals surface area contributed by atoms with Crippen LogP contribution in [0, 0.1) is 5.92 Å². The fourth-order valence-corrected chi connectivity index (χ4v) is 3.77. The fourth-order valence-electron chi connectivity index (χ4n) is 3.77. The van der Waals surface area contributed by atoms with E-state index in [-0.39, 0.29) is 5.91 Å². The van der Waals surface area contributed by atoms with E-state index in [0.29, 0.717) is 5.92 Å². The first-order chi connectivity index (χ1) is 12.2. The van der Waals surface area contributed by atoms with Crippen LogP contribution in [0.25, 0.3) is 0 Å². The monoisotopic (exact) mass is 345 g/mol. The molecule has 0 aliphatic carbocycles. The Bertz CT molecular complexity index is 572. The molecule has 25 heavy (non-hydrogen) atoms. The van der Waals surface area contributed by atoms with E-state index in [1.807, 2.05) is 23.1 Å². The van der Waals surface area contributed by atoms with Crippen molar-refractivity contribution in [3.05, 3.63) is 35.4 Å². The Morgan fingerprint density at radius 1 is 1.24 bits per heavy atom. The van der Waals surface area contributed by atoms with Gasteiger partial charge in [-0.1, -0.05) is 25.1 Å². The number of carbonyl (C=O) groups is 1. The third kappa shape index (κ3) is 4.81. The lowest BCUT2D eigenvalue weighted by molar-refractivity contribution is 0.0340. The zero-order chi connectivity index (χ0) is 17.6. The van der Waals surface area contributed by atoms with Crippen molar-refractivity contribution in [1.82, 2.24) is 14.7 Å². The van der Waals surface area contributed by atoms with Crippen LogP contribution < -0.4 is 0 Å². The van der Waals surface area contributed by atoms with Crippen molar-refractivity contribution in [3.63, 3.8) is 0 Å². The summed E-state index contributed by atoms with van der Waals surface area (Å²) in [6.07, 6.45) is 1.11. The maximum Gasteiger partial charge on any atom is 0.254 e. The first kappa shape index (κ1) is 18.4. The van der Waals surface area contributed by atoms with Crippen LogP contribution in [0.3, 0.4) is 0 Å². The zero-order valence-electron chi connectivity index (χ0n) is 15.6. The fraction of sp³-hybridized carbons (Fsp3) is 0.650. The Morgan fingerprint density at radius 3 is 2.76 bits per heavy atom. The Morgan fingerprint density at radius 2 is 2.00 bits per heavy atom. The van der Waals surface area contributed by atoms with Crippen LogP contribution in [0.15, 0.2) is 24.3 Å². The molecule has 3 rings (SSSR count). The van der Waals surface area contributed by atoms with Crippen molar-refractivity contribution in [1.29, 1.82) is 0 Å². The number of rotatable bonds is 6. The van der Waals surface area contributed by atoms with Crippen molar-refractivity contribution in [3.8, 4) is 0 Å². The van der Waals surface area contributed by atoms with Gasteiger partial charge in [0.1, 0.15) is 0 Å². The summed E-state index contributed by atoms with van der Waals surface area (Å²) in [5, 5.41) is 0. The molecule has 2 saturated heterocycles. The van der Waals surface area contributed by atoms with Gasteiger partial charge in [-0.15, -0.1) is 0 Å². The van der Waals surface area contributed by atoms with Crippen LogP contribution in [0.5, 0.6) is 0 Å². The maximum atomic E-state index is 13.1. The molecule has 0 radical (unpaired) electrons. The van der Waals surface area contributed by atoms with Crippen molar-refractivity contribution >= 4 is 5.91 Å². The van der Waals surface area contributed by atoms with Crippen LogP contribution in [0.1, 0.15) is 29.3 Å². The Labute approximate surface area is 151 Å². The molecule has 0 spiro atoms. The minimum Gasteiger partial charge on any atom is -0.379 e. The molecule has 0 N–H and O–H groups in total. The largest absolute Gasteiger partial charge is 0.379 e. The van der Waals surface area contributed by atoms with Gasteiger partial charge in [-0.3, -0.25) is 9.69 Å². The van der Waals surface area contributed by atoms with Gasteiger partial charge in [-0.05, 0) is 37.6 Å². The number of likely N-dealkylation sites (tertiary alicyclic amines) is 1. The number of ether oxygens (including phenoxy) is 1. The molecule has 5 heteroatoms. The smallest absolute Gasteiger partial charge is 0.254 e. The van der Waals surface area contributed by atoms with Gasteiger partial charge in [0.15, 0.2) is 0 Å². The predicted molar refractivity (Wildman–Crippen MR) is 99.7 cm³/mol. The third-order valence-electron chi connectivity index (χ3n) is 5.43. The van der Waals surface area contributed by atoms with Gasteiger partial charge < -0.3 is 14.5 Å². The molecule has 2 heterocycles. The van der Waals surface area contributed by atoms with Gasteiger partial charge in [0.25, 0.3) is 5.91 Å². The van der Waals surface area contributed by atoms with Crippen LogP contribution in [-0.2, 0) is 11.3 Å². The summed E-state index contributed by atoms with van der Waals surface area (Å²) in [7, 11) is 2.15. The SMILES string of the molecule is CCN(C)C[C@@H]1CCN(C(=O)c2ccccc2CN2CCOCC2)C1. The summed E-state index contributed by atoms with van der Waals surface area (Å²) < 4.78 is 5.43. The zero-order valence-corrected chi connectivity index (χ0v) is 15.6. The number of morpholine rings is 1. The molecule has 1 amide bonds. The number of hydrogen-bond donors (Lipinski definition) is 0. The number of carbonyl (C=O) groups excluding carboxylic acids is 1. The van der Waals surface area contributed by atoms with E-state index in [4.69, 9.17) is 4.74 Å². The van der Waals surface area contributed by atoms with E-state index in [1.54, 1.807) is 0 Å². The molecule has 0 saturated carbocycles. The predicted octanol–water partition coefficient (Wildman–Crippen LogP) is 1.93. The molecule has 5 nitrogen and oxygen atoms in total. The van der Waals surface area contributed by atoms with Crippen LogP contribution in [0.4, 0.5) is 0 Å². The van der Waals surface area contributed by atoms with Gasteiger partial charge in [0, 0.05) is 44.8 Å². The third-order valence-corrected chi connectivity index (χ3v) is 5.43. The summed E-state index contributed by atoms with van der Waals surface area (Å²) in [6.45, 7) is 10.4. The lowest BCUT2D eigenvalue weighted by Gasteiger charge is -2.28. The first-order valence-electron chi connectivity index (χ1n) is 9.53. The molecule has 1 aromatic carbocycles. The molecule has 138 valence electrons. The summed E-state index contributed by atoms with van der Waals surface area (Å²) in [5.41, 5.74) is 2.02. The van der Waals surface area contributed by atoms with Gasteiger partial charge >= 0.3 is 0 Å². The lowest BCUT2D eigenvalue weighted by Crippen LogP contribution is -2.37. The van der Waals surface area contributed by atoms with Crippen molar-refractivity contribution in [2.24, 2.45) is 5.92 Å². The molecular weight excluding hydrogens is 314 g/mol. The molecule has 0 aromatic heterocycles. The molecule has 2 aliphatic heterocycles. The minimum atomic E-state index is 0.200. The topological polar surface area (TPSA) is 36.0 Å². The molecule has 1 atom stereocenters. The minimum absolute atomic E-state index is 0.200. The number of amides is 1. The van der Waals surface area contributed by atoms with Gasteiger partial charge in [-0.2, -0.15) is 0 Å². The van der Waals surface area contributed by atoms with Crippen molar-refractivity contribution < 1.29 is 9.53 Å². The quantitative estimate of drug-likeness (QED) is 0.789. The summed E-state index contributed by atoms with van der Waals surface area (Å²) in [5.74, 6) is 0.797. The molecule has 0 unspecified atom stereocenters. The van der Waals surface area contributed by atoms with Gasteiger partial charge in [0.2, 0.25) is 0 Å². The highest BCUT2D eigenvalue weighted by atomic mass is 16.5. The highest BCUT2D eigenvalue weighted by Gasteiger charge is 2.28. The number of benzene rings is 1. The molecule has 2 fully saturated rings. The Kier molecular flexibility index (Phi) is 6.45. The summed E-state index contributed by atoms with van der Waals surface area (Å²) >= 11 is 0. The molecule has 1 aromatic rings. The van der Waals surface area contributed by atoms with E-state index in [0.717, 1.165) is 76.6 Å². The molecule has 2 aliphatic rings. The van der Waals surface area contributed by atoms with Crippen LogP contribution in [-0.4, -0.2) is 80.1 Å². The number of hydrogen-bond acceptors (Lipinski definition) is 4. The van der Waals surface area contributed by atoms with E-state index >= 15 is 0 Å². The summed E-state index contributed by atoms with van der Waals surface area (Å²) in [4.78, 5) is 19.8. The Balaban J connectivity index is 1.64. The second kappa shape index (κ2) is 8.79. The maximum absolute atomic E-state index is 13.1. The highest BCUT2D eigenvalue weighted by Crippen LogP contribution is 2.22. The summed E-state index contributed by atoms with van der Waals surface area (Å²) in [6, 6.07) is 8.11. The van der Waals surface area contributed by atoms with E-state index in [1.165, 1.54) is 0 Å². The van der Waals surface area contributed by atoms with Crippen LogP contribution >= 0.6 is 0 Å². The van der Waals surface area contributed by atoms with Gasteiger partial charge in [0.05, 0.1) is 13.2 Å². The average Bonchev–Trinajstić information content (AvgIpc) is 3.11. The van der Waals surface area contributed by atoms with Gasteiger partial charge in [-0.25, -0.2) is 0 Å². The molecule has 0 bridgehead atoms. The lowest BCUT2D eigenvalue weighted by atomic mass is 10.1. The second-order valence-corrected chi connectivity index (χ2v) is 7.31. The van der Waals surface area contributed by atoms with E-state index in [9.17, 15) is 4.79 Å². The van der Waals surface area contributed by atoms with E-state index in [2.05, 4.69) is 29.8 Å². The van der Waals surface area contributed by atoms with E-state index < -0.39 is 0 Å².